The van der Waals surface area contributed by atoms with Gasteiger partial charge in [0.05, 0.1) is 24.5 Å². The number of aliphatic hydroxyl groups is 1. The number of fused-ring (bicyclic) bond motifs is 1. The van der Waals surface area contributed by atoms with Crippen LogP contribution in [-0.4, -0.2) is 40.8 Å². The number of nitrogens with two attached hydrogens (primary N) is 1. The van der Waals surface area contributed by atoms with Crippen molar-refractivity contribution in [1.82, 2.24) is 35.1 Å². The maximum absolute atomic E-state index is 12.6. The molecule has 3 heterocycles. The summed E-state index contributed by atoms with van der Waals surface area (Å²) in [5, 5.41) is 28.5. The highest BCUT2D eigenvalue weighted by Crippen LogP contribution is 2.20. The van der Waals surface area contributed by atoms with Crippen LogP contribution in [0.25, 0.3) is 5.65 Å². The highest BCUT2D eigenvalue weighted by Gasteiger charge is 2.21. The third-order valence-corrected chi connectivity index (χ3v) is 4.58. The van der Waals surface area contributed by atoms with Crippen LogP contribution >= 0.6 is 11.6 Å². The second-order valence-corrected chi connectivity index (χ2v) is 7.07. The largest absolute Gasteiger partial charge is 0.390 e. The van der Waals surface area contributed by atoms with Gasteiger partial charge in [0, 0.05) is 10.7 Å². The first-order valence-corrected chi connectivity index (χ1v) is 9.60. The van der Waals surface area contributed by atoms with Crippen LogP contribution in [0.3, 0.4) is 0 Å². The number of nitrogen functional groups attached to an aromatic ring is 1. The number of rotatable bonds is 6. The summed E-state index contributed by atoms with van der Waals surface area (Å²) in [7, 11) is 0. The fraction of sp³-hybridized carbons (Fsp3) is 0.158. The van der Waals surface area contributed by atoms with Crippen molar-refractivity contribution in [2.24, 2.45) is 0 Å². The minimum absolute atomic E-state index is 0.0425. The molecule has 0 spiro atoms. The Bertz CT molecular complexity index is 1260. The van der Waals surface area contributed by atoms with E-state index in [4.69, 9.17) is 17.3 Å². The van der Waals surface area contributed by atoms with Crippen LogP contribution < -0.4 is 16.4 Å². The SMILES string of the molecule is C[C@@H](NC(=O)c1nc(CO)cnc1N)c1nnc2ccc(Nc3cccc(Cl)c3)nn12. The Hall–Kier alpha value is -3.83. The van der Waals surface area contributed by atoms with E-state index in [0.717, 1.165) is 5.69 Å². The van der Waals surface area contributed by atoms with Gasteiger partial charge in [-0.3, -0.25) is 4.79 Å². The molecule has 4 rings (SSSR count). The van der Waals surface area contributed by atoms with Crippen molar-refractivity contribution in [3.8, 4) is 0 Å². The molecule has 1 atom stereocenters. The van der Waals surface area contributed by atoms with Crippen LogP contribution in [0.5, 0.6) is 0 Å². The molecule has 0 unspecified atom stereocenters. The minimum atomic E-state index is -0.574. The lowest BCUT2D eigenvalue weighted by molar-refractivity contribution is 0.0933. The van der Waals surface area contributed by atoms with Gasteiger partial charge in [-0.1, -0.05) is 17.7 Å². The summed E-state index contributed by atoms with van der Waals surface area (Å²) >= 11 is 6.03. The Morgan fingerprint density at radius 3 is 2.90 bits per heavy atom. The molecule has 0 aliphatic rings. The zero-order valence-corrected chi connectivity index (χ0v) is 17.1. The van der Waals surface area contributed by atoms with E-state index in [0.29, 0.717) is 22.3 Å². The number of aromatic nitrogens is 6. The Kier molecular flexibility index (Phi) is 5.60. The zero-order chi connectivity index (χ0) is 22.0. The van der Waals surface area contributed by atoms with E-state index < -0.39 is 11.9 Å². The van der Waals surface area contributed by atoms with Crippen LogP contribution in [-0.2, 0) is 6.61 Å². The highest BCUT2D eigenvalue weighted by atomic mass is 35.5. The number of aliphatic hydroxyl groups excluding tert-OH is 1. The molecule has 0 fully saturated rings. The van der Waals surface area contributed by atoms with Gasteiger partial charge in [-0.25, -0.2) is 9.97 Å². The number of halogens is 1. The number of benzene rings is 1. The number of hydrogen-bond donors (Lipinski definition) is 4. The fourth-order valence-electron chi connectivity index (χ4n) is 2.86. The first-order chi connectivity index (χ1) is 14.9. The summed E-state index contributed by atoms with van der Waals surface area (Å²) in [6, 6.07) is 10.2. The normalized spacial score (nSPS) is 12.0. The van der Waals surface area contributed by atoms with E-state index in [9.17, 15) is 9.90 Å². The molecular formula is C19H18ClN9O2. The molecule has 0 saturated heterocycles. The lowest BCUT2D eigenvalue weighted by atomic mass is 10.3. The summed E-state index contributed by atoms with van der Waals surface area (Å²) in [5.41, 5.74) is 7.19. The van der Waals surface area contributed by atoms with Gasteiger partial charge in [-0.2, -0.15) is 4.52 Å². The average molecular weight is 440 g/mol. The number of carbonyl (C=O) groups is 1. The molecule has 0 bridgehead atoms. The summed E-state index contributed by atoms with van der Waals surface area (Å²) in [6.07, 6.45) is 1.31. The van der Waals surface area contributed by atoms with Crippen LogP contribution in [0.4, 0.5) is 17.3 Å². The van der Waals surface area contributed by atoms with Crippen molar-refractivity contribution < 1.29 is 9.90 Å². The number of nitrogens with one attached hydrogen (secondary N) is 2. The molecule has 1 amide bonds. The van der Waals surface area contributed by atoms with Gasteiger partial charge in [0.2, 0.25) is 0 Å². The third-order valence-electron chi connectivity index (χ3n) is 4.35. The topological polar surface area (TPSA) is 156 Å². The lowest BCUT2D eigenvalue weighted by Crippen LogP contribution is -2.30. The van der Waals surface area contributed by atoms with Crippen molar-refractivity contribution in [2.75, 3.05) is 11.1 Å². The van der Waals surface area contributed by atoms with E-state index in [1.54, 1.807) is 31.2 Å². The van der Waals surface area contributed by atoms with E-state index in [1.165, 1.54) is 10.7 Å². The number of nitrogens with zero attached hydrogens (tertiary/aromatic N) is 6. The Labute approximate surface area is 181 Å². The van der Waals surface area contributed by atoms with Gasteiger partial charge in [-0.15, -0.1) is 15.3 Å². The van der Waals surface area contributed by atoms with E-state index in [1.807, 2.05) is 12.1 Å². The first kappa shape index (κ1) is 20.4. The van der Waals surface area contributed by atoms with Crippen molar-refractivity contribution in [2.45, 2.75) is 19.6 Å². The number of hydrogen-bond acceptors (Lipinski definition) is 9. The van der Waals surface area contributed by atoms with Crippen molar-refractivity contribution in [3.63, 3.8) is 0 Å². The Morgan fingerprint density at radius 2 is 2.13 bits per heavy atom. The van der Waals surface area contributed by atoms with E-state index in [2.05, 4.69) is 35.9 Å². The van der Waals surface area contributed by atoms with Crippen LogP contribution in [0.1, 0.15) is 35.0 Å². The van der Waals surface area contributed by atoms with Gasteiger partial charge in [0.1, 0.15) is 0 Å². The molecule has 0 aliphatic carbocycles. The van der Waals surface area contributed by atoms with Crippen LogP contribution in [0, 0.1) is 0 Å². The van der Waals surface area contributed by atoms with Gasteiger partial charge in [-0.05, 0) is 37.3 Å². The molecule has 0 aliphatic heterocycles. The maximum atomic E-state index is 12.6. The third kappa shape index (κ3) is 4.37. The molecule has 5 N–H and O–H groups in total. The summed E-state index contributed by atoms with van der Waals surface area (Å²) in [6.45, 7) is 1.37. The molecule has 3 aromatic heterocycles. The molecular weight excluding hydrogens is 422 g/mol. The summed E-state index contributed by atoms with van der Waals surface area (Å²) < 4.78 is 1.52. The van der Waals surface area contributed by atoms with E-state index in [-0.39, 0.29) is 23.8 Å². The predicted molar refractivity (Wildman–Crippen MR) is 114 cm³/mol. The summed E-state index contributed by atoms with van der Waals surface area (Å²) in [5.74, 6) is 0.347. The standard InChI is InChI=1S/C19H18ClN9O2/c1-10(23-19(31)16-17(21)22-8-13(9-30)25-16)18-27-26-15-6-5-14(28-29(15)18)24-12-4-2-3-11(20)7-12/h2-8,10,30H,9H2,1H3,(H2,21,22)(H,23,31)(H,24,28)/t10-/m1/s1. The van der Waals surface area contributed by atoms with Gasteiger partial charge < -0.3 is 21.5 Å². The number of amides is 1. The van der Waals surface area contributed by atoms with Crippen LogP contribution in [0.15, 0.2) is 42.6 Å². The Balaban J connectivity index is 1.58. The molecule has 12 heteroatoms. The van der Waals surface area contributed by atoms with Crippen molar-refractivity contribution in [1.29, 1.82) is 0 Å². The lowest BCUT2D eigenvalue weighted by Gasteiger charge is -2.13. The quantitative estimate of drug-likeness (QED) is 0.352. The van der Waals surface area contributed by atoms with E-state index >= 15 is 0 Å². The molecule has 0 radical (unpaired) electrons. The summed E-state index contributed by atoms with van der Waals surface area (Å²) in [4.78, 5) is 20.5. The molecule has 4 aromatic rings. The number of anilines is 3. The smallest absolute Gasteiger partial charge is 0.274 e. The Morgan fingerprint density at radius 1 is 1.29 bits per heavy atom. The van der Waals surface area contributed by atoms with Gasteiger partial charge in [0.15, 0.2) is 28.8 Å². The maximum Gasteiger partial charge on any atom is 0.274 e. The minimum Gasteiger partial charge on any atom is -0.390 e. The van der Waals surface area contributed by atoms with Crippen molar-refractivity contribution in [3.05, 3.63) is 64.8 Å². The molecule has 0 saturated carbocycles. The second-order valence-electron chi connectivity index (χ2n) is 6.63. The zero-order valence-electron chi connectivity index (χ0n) is 16.3. The number of carbonyl (C=O) groups excluding carboxylic acids is 1. The average Bonchev–Trinajstić information content (AvgIpc) is 3.17. The van der Waals surface area contributed by atoms with Crippen LogP contribution in [0.2, 0.25) is 5.02 Å². The van der Waals surface area contributed by atoms with Crippen molar-refractivity contribution >= 4 is 40.5 Å². The monoisotopic (exact) mass is 439 g/mol. The molecule has 31 heavy (non-hydrogen) atoms. The molecule has 11 nitrogen and oxygen atoms in total. The molecule has 1 aromatic carbocycles. The predicted octanol–water partition coefficient (Wildman–Crippen LogP) is 1.88. The fourth-order valence-corrected chi connectivity index (χ4v) is 3.05. The molecule has 158 valence electrons. The first-order valence-electron chi connectivity index (χ1n) is 9.22. The second kappa shape index (κ2) is 8.50. The van der Waals surface area contributed by atoms with Gasteiger partial charge >= 0.3 is 0 Å². The highest BCUT2D eigenvalue weighted by molar-refractivity contribution is 6.30. The van der Waals surface area contributed by atoms with Gasteiger partial charge in [0.25, 0.3) is 5.91 Å².